The molecule has 2 amide bonds. The minimum atomic E-state index is -0.381. The molecule has 3 aromatic rings. The number of aromatic nitrogens is 3. The molecule has 3 heterocycles. The van der Waals surface area contributed by atoms with E-state index in [9.17, 15) is 9.59 Å². The average Bonchev–Trinajstić information content (AvgIpc) is 3.45. The van der Waals surface area contributed by atoms with Gasteiger partial charge in [-0.2, -0.15) is 5.10 Å². The van der Waals surface area contributed by atoms with E-state index in [4.69, 9.17) is 11.6 Å². The Kier molecular flexibility index (Phi) is 6.08. The Morgan fingerprint density at radius 2 is 1.85 bits per heavy atom. The number of carbonyl (C=O) groups excluding carboxylic acids is 2. The summed E-state index contributed by atoms with van der Waals surface area (Å²) in [4.78, 5) is 31.8. The average molecular weight is 474 g/mol. The Morgan fingerprint density at radius 3 is 2.59 bits per heavy atom. The lowest BCUT2D eigenvalue weighted by atomic mass is 10.1. The number of amides is 2. The highest BCUT2D eigenvalue weighted by atomic mass is 35.5. The van der Waals surface area contributed by atoms with Crippen molar-refractivity contribution in [3.63, 3.8) is 0 Å². The third-order valence-electron chi connectivity index (χ3n) is 6.15. The van der Waals surface area contributed by atoms with Crippen LogP contribution in [-0.2, 0) is 4.79 Å². The zero-order valence-electron chi connectivity index (χ0n) is 18.8. The summed E-state index contributed by atoms with van der Waals surface area (Å²) in [5.74, 6) is 6.65. The number of nitrogens with one attached hydrogen (secondary N) is 1. The standard InChI is InChI=1S/C26H24ClN5O2/c1-17-13-19(8-7-18-5-3-2-4-6-18)14-28-24(17)30-25(33)23-22(27)15-29-32(23)21-11-12-31(16-21)26(34)20-9-10-20/h2-6,13-15,20-21H,9-12,16H2,1H3,(H,28,30,33)/t21-/m1/s1. The number of halogens is 1. The van der Waals surface area contributed by atoms with Crippen LogP contribution in [0, 0.1) is 24.7 Å². The second-order valence-electron chi connectivity index (χ2n) is 8.75. The van der Waals surface area contributed by atoms with Crippen molar-refractivity contribution in [2.75, 3.05) is 18.4 Å². The molecular weight excluding hydrogens is 450 g/mol. The molecule has 172 valence electrons. The van der Waals surface area contributed by atoms with Crippen molar-refractivity contribution < 1.29 is 9.59 Å². The van der Waals surface area contributed by atoms with E-state index in [1.165, 1.54) is 6.20 Å². The van der Waals surface area contributed by atoms with Gasteiger partial charge in [0, 0.05) is 36.3 Å². The smallest absolute Gasteiger partial charge is 0.276 e. The van der Waals surface area contributed by atoms with Crippen molar-refractivity contribution in [1.29, 1.82) is 0 Å². The first kappa shape index (κ1) is 22.2. The molecule has 1 saturated heterocycles. The monoisotopic (exact) mass is 473 g/mol. The predicted molar refractivity (Wildman–Crippen MR) is 130 cm³/mol. The second kappa shape index (κ2) is 9.32. The third-order valence-corrected chi connectivity index (χ3v) is 6.43. The molecule has 1 aliphatic carbocycles. The zero-order valence-corrected chi connectivity index (χ0v) is 19.5. The molecular formula is C26H24ClN5O2. The fourth-order valence-electron chi connectivity index (χ4n) is 4.17. The van der Waals surface area contributed by atoms with Crippen LogP contribution in [0.15, 0.2) is 48.8 Å². The lowest BCUT2D eigenvalue weighted by Gasteiger charge is -2.18. The van der Waals surface area contributed by atoms with Crippen molar-refractivity contribution in [2.45, 2.75) is 32.2 Å². The molecule has 8 heteroatoms. The van der Waals surface area contributed by atoms with Crippen LogP contribution in [0.4, 0.5) is 5.82 Å². The quantitative estimate of drug-likeness (QED) is 0.579. The highest BCUT2D eigenvalue weighted by molar-refractivity contribution is 6.34. The molecule has 2 aliphatic rings. The van der Waals surface area contributed by atoms with E-state index in [2.05, 4.69) is 27.2 Å². The van der Waals surface area contributed by atoms with Crippen molar-refractivity contribution in [2.24, 2.45) is 5.92 Å². The topological polar surface area (TPSA) is 80.1 Å². The number of likely N-dealkylation sites (tertiary alicyclic amines) is 1. The van der Waals surface area contributed by atoms with Gasteiger partial charge in [0.2, 0.25) is 5.91 Å². The molecule has 1 N–H and O–H groups in total. The normalized spacial score (nSPS) is 17.2. The van der Waals surface area contributed by atoms with Gasteiger partial charge in [0.1, 0.15) is 11.5 Å². The number of aryl methyl sites for hydroxylation is 1. The highest BCUT2D eigenvalue weighted by Crippen LogP contribution is 2.34. The molecule has 0 bridgehead atoms. The van der Waals surface area contributed by atoms with E-state index in [0.717, 1.165) is 36.0 Å². The van der Waals surface area contributed by atoms with Gasteiger partial charge in [-0.15, -0.1) is 0 Å². The fourth-order valence-corrected chi connectivity index (χ4v) is 4.38. The molecule has 7 nitrogen and oxygen atoms in total. The van der Waals surface area contributed by atoms with Gasteiger partial charge in [0.05, 0.1) is 17.3 Å². The van der Waals surface area contributed by atoms with Gasteiger partial charge in [0.15, 0.2) is 0 Å². The van der Waals surface area contributed by atoms with Crippen LogP contribution in [0.5, 0.6) is 0 Å². The molecule has 2 aromatic heterocycles. The minimum absolute atomic E-state index is 0.0827. The van der Waals surface area contributed by atoms with Gasteiger partial charge < -0.3 is 10.2 Å². The summed E-state index contributed by atoms with van der Waals surface area (Å²) in [6, 6.07) is 11.5. The Bertz CT molecular complexity index is 1300. The molecule has 5 rings (SSSR count). The maximum atomic E-state index is 13.2. The van der Waals surface area contributed by atoms with Gasteiger partial charge in [-0.05, 0) is 49.9 Å². The summed E-state index contributed by atoms with van der Waals surface area (Å²) in [6.07, 6.45) is 5.80. The van der Waals surface area contributed by atoms with E-state index in [1.807, 2.05) is 48.2 Å². The van der Waals surface area contributed by atoms with Gasteiger partial charge in [-0.1, -0.05) is 41.6 Å². The number of hydrogen-bond acceptors (Lipinski definition) is 4. The van der Waals surface area contributed by atoms with Crippen LogP contribution in [0.3, 0.4) is 0 Å². The van der Waals surface area contributed by atoms with Gasteiger partial charge >= 0.3 is 0 Å². The van der Waals surface area contributed by atoms with E-state index in [0.29, 0.717) is 18.9 Å². The van der Waals surface area contributed by atoms with Crippen molar-refractivity contribution >= 4 is 29.2 Å². The Labute approximate surface area is 203 Å². The number of rotatable bonds is 4. The van der Waals surface area contributed by atoms with Crippen LogP contribution in [0.1, 0.15) is 52.5 Å². The molecule has 0 radical (unpaired) electrons. The van der Waals surface area contributed by atoms with Crippen molar-refractivity contribution in [3.05, 3.63) is 76.2 Å². The SMILES string of the molecule is Cc1cc(C#Cc2ccccc2)cnc1NC(=O)c1c(Cl)cnn1[C@@H]1CCN(C(=O)C2CC2)C1. The summed E-state index contributed by atoms with van der Waals surface area (Å²) in [7, 11) is 0. The van der Waals surface area contributed by atoms with E-state index < -0.39 is 0 Å². The fraction of sp³-hybridized carbons (Fsp3) is 0.308. The molecule has 34 heavy (non-hydrogen) atoms. The van der Waals surface area contributed by atoms with Crippen molar-refractivity contribution in [3.8, 4) is 11.8 Å². The summed E-state index contributed by atoms with van der Waals surface area (Å²) in [5.41, 5.74) is 2.75. The Balaban J connectivity index is 1.30. The first-order valence-corrected chi connectivity index (χ1v) is 11.7. The van der Waals surface area contributed by atoms with Gasteiger partial charge in [-0.25, -0.2) is 4.98 Å². The highest BCUT2D eigenvalue weighted by Gasteiger charge is 2.38. The number of anilines is 1. The van der Waals surface area contributed by atoms with E-state index >= 15 is 0 Å². The molecule has 1 saturated carbocycles. The van der Waals surface area contributed by atoms with Crippen LogP contribution in [0.25, 0.3) is 0 Å². The number of hydrogen-bond donors (Lipinski definition) is 1. The summed E-state index contributed by atoms with van der Waals surface area (Å²) in [6.45, 7) is 3.08. The minimum Gasteiger partial charge on any atom is -0.340 e. The maximum Gasteiger partial charge on any atom is 0.276 e. The largest absolute Gasteiger partial charge is 0.340 e. The van der Waals surface area contributed by atoms with Crippen LogP contribution in [0.2, 0.25) is 5.02 Å². The van der Waals surface area contributed by atoms with Crippen LogP contribution in [-0.4, -0.2) is 44.6 Å². The number of carbonyl (C=O) groups is 2. The molecule has 0 spiro atoms. The van der Waals surface area contributed by atoms with E-state index in [-0.39, 0.29) is 34.5 Å². The summed E-state index contributed by atoms with van der Waals surface area (Å²) < 4.78 is 1.65. The van der Waals surface area contributed by atoms with Crippen LogP contribution < -0.4 is 5.32 Å². The Morgan fingerprint density at radius 1 is 1.09 bits per heavy atom. The lowest BCUT2D eigenvalue weighted by Crippen LogP contribution is -2.31. The second-order valence-corrected chi connectivity index (χ2v) is 9.15. The van der Waals surface area contributed by atoms with E-state index in [1.54, 1.807) is 10.9 Å². The van der Waals surface area contributed by atoms with Gasteiger partial charge in [0.25, 0.3) is 5.91 Å². The first-order valence-electron chi connectivity index (χ1n) is 11.4. The van der Waals surface area contributed by atoms with Gasteiger partial charge in [-0.3, -0.25) is 14.3 Å². The number of nitrogens with zero attached hydrogens (tertiary/aromatic N) is 4. The first-order chi connectivity index (χ1) is 16.5. The third kappa shape index (κ3) is 4.68. The predicted octanol–water partition coefficient (Wildman–Crippen LogP) is 4.08. The lowest BCUT2D eigenvalue weighted by molar-refractivity contribution is -0.131. The molecule has 1 atom stereocenters. The molecule has 2 fully saturated rings. The maximum absolute atomic E-state index is 13.2. The molecule has 1 aromatic carbocycles. The number of pyridine rings is 1. The Hall–Kier alpha value is -3.63. The van der Waals surface area contributed by atoms with Crippen molar-refractivity contribution in [1.82, 2.24) is 19.7 Å². The zero-order chi connectivity index (χ0) is 23.7. The molecule has 1 aliphatic heterocycles. The summed E-state index contributed by atoms with van der Waals surface area (Å²) in [5, 5.41) is 7.48. The molecule has 0 unspecified atom stereocenters. The summed E-state index contributed by atoms with van der Waals surface area (Å²) >= 11 is 6.34. The number of benzene rings is 1. The van der Waals surface area contributed by atoms with Crippen LogP contribution >= 0.6 is 11.6 Å².